The third-order valence-corrected chi connectivity index (χ3v) is 2.33. The molecule has 0 amide bonds. The SMILES string of the molecule is CCOC(=O)CCCNc1cc(F)ccc1[N+](=O)[O-]. The number of nitro benzene ring substituents is 1. The van der Waals surface area contributed by atoms with Gasteiger partial charge in [-0.3, -0.25) is 14.9 Å². The Morgan fingerprint density at radius 1 is 1.53 bits per heavy atom. The molecular formula is C12H15FN2O4. The number of hydrogen-bond acceptors (Lipinski definition) is 5. The van der Waals surface area contributed by atoms with Gasteiger partial charge in [-0.25, -0.2) is 4.39 Å². The molecule has 1 rings (SSSR count). The van der Waals surface area contributed by atoms with Crippen LogP contribution in [0.1, 0.15) is 19.8 Å². The molecule has 0 radical (unpaired) electrons. The van der Waals surface area contributed by atoms with E-state index >= 15 is 0 Å². The third-order valence-electron chi connectivity index (χ3n) is 2.33. The second-order valence-corrected chi connectivity index (χ2v) is 3.75. The van der Waals surface area contributed by atoms with Crippen LogP contribution in [0.25, 0.3) is 0 Å². The van der Waals surface area contributed by atoms with Crippen molar-refractivity contribution in [3.63, 3.8) is 0 Å². The van der Waals surface area contributed by atoms with Crippen molar-refractivity contribution in [1.82, 2.24) is 0 Å². The summed E-state index contributed by atoms with van der Waals surface area (Å²) in [5.41, 5.74) is -0.0913. The summed E-state index contributed by atoms with van der Waals surface area (Å²) in [6.45, 7) is 2.36. The Labute approximate surface area is 109 Å². The predicted molar refractivity (Wildman–Crippen MR) is 67.4 cm³/mol. The number of halogens is 1. The summed E-state index contributed by atoms with van der Waals surface area (Å²) in [5, 5.41) is 13.5. The molecule has 0 saturated heterocycles. The van der Waals surface area contributed by atoms with Gasteiger partial charge in [0.25, 0.3) is 5.69 Å². The van der Waals surface area contributed by atoms with Gasteiger partial charge in [0.05, 0.1) is 11.5 Å². The van der Waals surface area contributed by atoms with Crippen molar-refractivity contribution in [1.29, 1.82) is 0 Å². The average molecular weight is 270 g/mol. The average Bonchev–Trinajstić information content (AvgIpc) is 2.34. The van der Waals surface area contributed by atoms with E-state index in [0.29, 0.717) is 19.6 Å². The molecule has 0 aliphatic carbocycles. The highest BCUT2D eigenvalue weighted by Gasteiger charge is 2.13. The Kier molecular flexibility index (Phi) is 5.72. The smallest absolute Gasteiger partial charge is 0.305 e. The number of carbonyl (C=O) groups is 1. The Bertz CT molecular complexity index is 465. The van der Waals surface area contributed by atoms with Gasteiger partial charge in [0.2, 0.25) is 0 Å². The van der Waals surface area contributed by atoms with Crippen LogP contribution in [0.2, 0.25) is 0 Å². The molecule has 6 nitrogen and oxygen atoms in total. The fourth-order valence-corrected chi connectivity index (χ4v) is 1.50. The maximum Gasteiger partial charge on any atom is 0.305 e. The quantitative estimate of drug-likeness (QED) is 0.356. The first-order valence-corrected chi connectivity index (χ1v) is 5.88. The Morgan fingerprint density at radius 3 is 2.89 bits per heavy atom. The number of hydrogen-bond donors (Lipinski definition) is 1. The molecule has 0 aliphatic heterocycles. The van der Waals surface area contributed by atoms with Gasteiger partial charge in [0, 0.05) is 25.1 Å². The monoisotopic (exact) mass is 270 g/mol. The summed E-state index contributed by atoms with van der Waals surface area (Å²) in [7, 11) is 0. The highest BCUT2D eigenvalue weighted by molar-refractivity contribution is 5.69. The fraction of sp³-hybridized carbons (Fsp3) is 0.417. The lowest BCUT2D eigenvalue weighted by atomic mass is 10.2. The summed E-state index contributed by atoms with van der Waals surface area (Å²) in [5.74, 6) is -0.878. The zero-order chi connectivity index (χ0) is 14.3. The van der Waals surface area contributed by atoms with Crippen molar-refractivity contribution in [3.05, 3.63) is 34.1 Å². The third kappa shape index (κ3) is 4.90. The number of carbonyl (C=O) groups excluding carboxylic acids is 1. The van der Waals surface area contributed by atoms with Crippen LogP contribution in [0.5, 0.6) is 0 Å². The lowest BCUT2D eigenvalue weighted by molar-refractivity contribution is -0.384. The molecule has 1 aromatic rings. The van der Waals surface area contributed by atoms with Crippen LogP contribution >= 0.6 is 0 Å². The highest BCUT2D eigenvalue weighted by Crippen LogP contribution is 2.24. The molecule has 19 heavy (non-hydrogen) atoms. The molecule has 1 aromatic carbocycles. The Hall–Kier alpha value is -2.18. The summed E-state index contributed by atoms with van der Waals surface area (Å²) in [6.07, 6.45) is 0.663. The molecule has 0 aromatic heterocycles. The van der Waals surface area contributed by atoms with Crippen molar-refractivity contribution < 1.29 is 18.8 Å². The summed E-state index contributed by atoms with van der Waals surface area (Å²) in [6, 6.07) is 3.19. The highest BCUT2D eigenvalue weighted by atomic mass is 19.1. The summed E-state index contributed by atoms with van der Waals surface area (Å²) >= 11 is 0. The largest absolute Gasteiger partial charge is 0.466 e. The van der Waals surface area contributed by atoms with Gasteiger partial charge < -0.3 is 10.1 Å². The van der Waals surface area contributed by atoms with Crippen LogP contribution in [0.3, 0.4) is 0 Å². The topological polar surface area (TPSA) is 81.5 Å². The summed E-state index contributed by atoms with van der Waals surface area (Å²) < 4.78 is 17.8. The first-order valence-electron chi connectivity index (χ1n) is 5.88. The number of esters is 1. The van der Waals surface area contributed by atoms with Crippen LogP contribution < -0.4 is 5.32 Å². The molecular weight excluding hydrogens is 255 g/mol. The van der Waals surface area contributed by atoms with Crippen LogP contribution in [-0.4, -0.2) is 24.0 Å². The van der Waals surface area contributed by atoms with E-state index in [-0.39, 0.29) is 23.8 Å². The molecule has 1 N–H and O–H groups in total. The van der Waals surface area contributed by atoms with Crippen molar-refractivity contribution in [2.75, 3.05) is 18.5 Å². The molecule has 0 heterocycles. The van der Waals surface area contributed by atoms with Gasteiger partial charge in [-0.2, -0.15) is 0 Å². The lowest BCUT2D eigenvalue weighted by Crippen LogP contribution is -2.09. The first kappa shape index (κ1) is 14.9. The minimum atomic E-state index is -0.590. The van der Waals surface area contributed by atoms with Gasteiger partial charge in [-0.05, 0) is 19.4 Å². The summed E-state index contributed by atoms with van der Waals surface area (Å²) in [4.78, 5) is 21.2. The van der Waals surface area contributed by atoms with Crippen molar-refractivity contribution in [2.24, 2.45) is 0 Å². The van der Waals surface area contributed by atoms with Gasteiger partial charge in [0.1, 0.15) is 11.5 Å². The molecule has 0 unspecified atom stereocenters. The van der Waals surface area contributed by atoms with Gasteiger partial charge in [0.15, 0.2) is 0 Å². The molecule has 0 spiro atoms. The number of nitro groups is 1. The lowest BCUT2D eigenvalue weighted by Gasteiger charge is -2.07. The van der Waals surface area contributed by atoms with Crippen LogP contribution in [0.15, 0.2) is 18.2 Å². The number of ether oxygens (including phenoxy) is 1. The molecule has 0 saturated carbocycles. The van der Waals surface area contributed by atoms with Crippen LogP contribution in [0.4, 0.5) is 15.8 Å². The second kappa shape index (κ2) is 7.30. The number of nitrogens with zero attached hydrogens (tertiary/aromatic N) is 1. The van der Waals surface area contributed by atoms with Crippen LogP contribution in [-0.2, 0) is 9.53 Å². The van der Waals surface area contributed by atoms with E-state index in [1.54, 1.807) is 6.92 Å². The van der Waals surface area contributed by atoms with E-state index in [1.807, 2.05) is 0 Å². The molecule has 0 fully saturated rings. The van der Waals surface area contributed by atoms with Crippen molar-refractivity contribution in [3.8, 4) is 0 Å². The molecule has 0 bridgehead atoms. The maximum atomic E-state index is 13.0. The molecule has 0 aliphatic rings. The van der Waals surface area contributed by atoms with E-state index in [4.69, 9.17) is 4.74 Å². The van der Waals surface area contributed by atoms with Gasteiger partial charge >= 0.3 is 5.97 Å². The van der Waals surface area contributed by atoms with Crippen molar-refractivity contribution >= 4 is 17.3 Å². The Morgan fingerprint density at radius 2 is 2.26 bits per heavy atom. The van der Waals surface area contributed by atoms with Crippen LogP contribution in [0, 0.1) is 15.9 Å². The molecule has 104 valence electrons. The normalized spacial score (nSPS) is 10.0. The van der Waals surface area contributed by atoms with E-state index in [9.17, 15) is 19.3 Å². The minimum Gasteiger partial charge on any atom is -0.466 e. The van der Waals surface area contributed by atoms with E-state index in [1.165, 1.54) is 0 Å². The second-order valence-electron chi connectivity index (χ2n) is 3.75. The molecule has 7 heteroatoms. The number of benzene rings is 1. The molecule has 0 atom stereocenters. The zero-order valence-electron chi connectivity index (χ0n) is 10.5. The standard InChI is InChI=1S/C12H15FN2O4/c1-2-19-12(16)4-3-7-14-10-8-9(13)5-6-11(10)15(17)18/h5-6,8,14H,2-4,7H2,1H3. The minimum absolute atomic E-state index is 0.105. The van der Waals surface area contributed by atoms with E-state index < -0.39 is 10.7 Å². The van der Waals surface area contributed by atoms with Gasteiger partial charge in [-0.15, -0.1) is 0 Å². The number of rotatable bonds is 7. The maximum absolute atomic E-state index is 13.0. The van der Waals surface area contributed by atoms with Crippen molar-refractivity contribution in [2.45, 2.75) is 19.8 Å². The fourth-order valence-electron chi connectivity index (χ4n) is 1.50. The number of nitrogens with one attached hydrogen (secondary N) is 1. The Balaban J connectivity index is 2.51. The zero-order valence-corrected chi connectivity index (χ0v) is 10.5. The first-order chi connectivity index (χ1) is 9.04. The van der Waals surface area contributed by atoms with Gasteiger partial charge in [-0.1, -0.05) is 0 Å². The number of anilines is 1. The predicted octanol–water partition coefficient (Wildman–Crippen LogP) is 2.49. The van der Waals surface area contributed by atoms with E-state index in [0.717, 1.165) is 18.2 Å². The van der Waals surface area contributed by atoms with E-state index in [2.05, 4.69) is 5.32 Å².